The summed E-state index contributed by atoms with van der Waals surface area (Å²) in [4.78, 5) is 0. The van der Waals surface area contributed by atoms with Gasteiger partial charge in [0.25, 0.3) is 0 Å². The van der Waals surface area contributed by atoms with Crippen LogP contribution in [0.2, 0.25) is 0 Å². The Bertz CT molecular complexity index is 136. The molecule has 0 saturated heterocycles. The summed E-state index contributed by atoms with van der Waals surface area (Å²) in [5, 5.41) is 9.81. The topological polar surface area (TPSA) is 29.5 Å². The molecule has 2 atom stereocenters. The molecule has 2 nitrogen and oxygen atoms in total. The second kappa shape index (κ2) is 4.24. The standard InChI is InChI=1S/C10H20O2/c1-3-6-12-7-5-10(11)8-9(10)4-2/h9,11H,3-8H2,1-2H3. The summed E-state index contributed by atoms with van der Waals surface area (Å²) in [6.07, 6.45) is 3.98. The Kier molecular flexibility index (Phi) is 3.53. The lowest BCUT2D eigenvalue weighted by atomic mass is 10.1. The third kappa shape index (κ3) is 2.46. The van der Waals surface area contributed by atoms with Gasteiger partial charge in [0, 0.05) is 13.2 Å². The maximum atomic E-state index is 9.81. The zero-order valence-corrected chi connectivity index (χ0v) is 8.18. The third-order valence-electron chi connectivity index (χ3n) is 2.72. The van der Waals surface area contributed by atoms with Crippen molar-refractivity contribution in [3.05, 3.63) is 0 Å². The highest BCUT2D eigenvalue weighted by Crippen LogP contribution is 2.47. The minimum atomic E-state index is -0.359. The van der Waals surface area contributed by atoms with Crippen molar-refractivity contribution in [1.29, 1.82) is 0 Å². The Morgan fingerprint density at radius 2 is 2.17 bits per heavy atom. The monoisotopic (exact) mass is 172 g/mol. The lowest BCUT2D eigenvalue weighted by Gasteiger charge is -2.09. The van der Waals surface area contributed by atoms with Crippen LogP contribution in [0.1, 0.15) is 39.5 Å². The summed E-state index contributed by atoms with van der Waals surface area (Å²) in [7, 11) is 0. The van der Waals surface area contributed by atoms with Crippen molar-refractivity contribution in [2.45, 2.75) is 45.1 Å². The molecule has 0 aromatic rings. The van der Waals surface area contributed by atoms with Gasteiger partial charge in [-0.2, -0.15) is 0 Å². The molecule has 12 heavy (non-hydrogen) atoms. The third-order valence-corrected chi connectivity index (χ3v) is 2.72. The molecule has 72 valence electrons. The Morgan fingerprint density at radius 3 is 2.67 bits per heavy atom. The van der Waals surface area contributed by atoms with E-state index in [1.165, 1.54) is 0 Å². The normalized spacial score (nSPS) is 33.8. The number of hydrogen-bond donors (Lipinski definition) is 1. The van der Waals surface area contributed by atoms with Crippen LogP contribution in [-0.4, -0.2) is 23.9 Å². The van der Waals surface area contributed by atoms with Crippen LogP contribution >= 0.6 is 0 Å². The van der Waals surface area contributed by atoms with Gasteiger partial charge in [-0.15, -0.1) is 0 Å². The molecule has 1 fully saturated rings. The fourth-order valence-corrected chi connectivity index (χ4v) is 1.69. The van der Waals surface area contributed by atoms with Crippen molar-refractivity contribution in [1.82, 2.24) is 0 Å². The van der Waals surface area contributed by atoms with Crippen molar-refractivity contribution in [2.75, 3.05) is 13.2 Å². The Hall–Kier alpha value is -0.0800. The van der Waals surface area contributed by atoms with Gasteiger partial charge >= 0.3 is 0 Å². The maximum absolute atomic E-state index is 9.81. The Morgan fingerprint density at radius 1 is 1.42 bits per heavy atom. The first-order chi connectivity index (χ1) is 5.73. The highest BCUT2D eigenvalue weighted by atomic mass is 16.5. The summed E-state index contributed by atoms with van der Waals surface area (Å²) < 4.78 is 5.33. The van der Waals surface area contributed by atoms with Gasteiger partial charge < -0.3 is 9.84 Å². The lowest BCUT2D eigenvalue weighted by molar-refractivity contribution is 0.0597. The van der Waals surface area contributed by atoms with Crippen LogP contribution in [0, 0.1) is 5.92 Å². The van der Waals surface area contributed by atoms with Crippen LogP contribution in [0.25, 0.3) is 0 Å². The summed E-state index contributed by atoms with van der Waals surface area (Å²) in [6, 6.07) is 0. The first-order valence-corrected chi connectivity index (χ1v) is 5.03. The van der Waals surface area contributed by atoms with Gasteiger partial charge in [-0.1, -0.05) is 20.3 Å². The first-order valence-electron chi connectivity index (χ1n) is 5.03. The number of ether oxygens (including phenoxy) is 1. The smallest absolute Gasteiger partial charge is 0.0702 e. The molecule has 0 spiro atoms. The Balaban J connectivity index is 2.01. The molecule has 1 N–H and O–H groups in total. The van der Waals surface area contributed by atoms with Crippen LogP contribution in [0.4, 0.5) is 0 Å². The molecule has 1 saturated carbocycles. The van der Waals surface area contributed by atoms with Crippen molar-refractivity contribution in [2.24, 2.45) is 5.92 Å². The molecular weight excluding hydrogens is 152 g/mol. The summed E-state index contributed by atoms with van der Waals surface area (Å²) in [5.41, 5.74) is -0.359. The Labute approximate surface area is 74.9 Å². The van der Waals surface area contributed by atoms with Gasteiger partial charge in [0.05, 0.1) is 5.60 Å². The molecule has 0 aromatic heterocycles. The van der Waals surface area contributed by atoms with Gasteiger partial charge in [0.2, 0.25) is 0 Å². The van der Waals surface area contributed by atoms with Crippen LogP contribution in [0.15, 0.2) is 0 Å². The molecular formula is C10H20O2. The van der Waals surface area contributed by atoms with E-state index in [-0.39, 0.29) is 5.60 Å². The molecule has 0 aromatic carbocycles. The average Bonchev–Trinajstić information content (AvgIpc) is 2.72. The molecule has 1 aliphatic carbocycles. The molecule has 1 aliphatic rings. The van der Waals surface area contributed by atoms with Gasteiger partial charge in [-0.25, -0.2) is 0 Å². The van der Waals surface area contributed by atoms with Crippen molar-refractivity contribution in [3.63, 3.8) is 0 Å². The SMILES string of the molecule is CCCOCCC1(O)CC1CC. The molecule has 0 amide bonds. The van der Waals surface area contributed by atoms with E-state index < -0.39 is 0 Å². The van der Waals surface area contributed by atoms with Crippen molar-refractivity contribution >= 4 is 0 Å². The maximum Gasteiger partial charge on any atom is 0.0702 e. The molecule has 2 unspecified atom stereocenters. The fourth-order valence-electron chi connectivity index (χ4n) is 1.69. The molecule has 0 bridgehead atoms. The summed E-state index contributed by atoms with van der Waals surface area (Å²) in [5.74, 6) is 0.544. The summed E-state index contributed by atoms with van der Waals surface area (Å²) in [6.45, 7) is 5.78. The summed E-state index contributed by atoms with van der Waals surface area (Å²) >= 11 is 0. The van der Waals surface area contributed by atoms with E-state index in [2.05, 4.69) is 13.8 Å². The van der Waals surface area contributed by atoms with E-state index in [0.29, 0.717) is 5.92 Å². The second-order valence-electron chi connectivity index (χ2n) is 3.78. The van der Waals surface area contributed by atoms with Crippen LogP contribution in [0.5, 0.6) is 0 Å². The van der Waals surface area contributed by atoms with E-state index in [9.17, 15) is 5.11 Å². The average molecular weight is 172 g/mol. The molecule has 0 aliphatic heterocycles. The van der Waals surface area contributed by atoms with Crippen LogP contribution in [-0.2, 0) is 4.74 Å². The molecule has 0 radical (unpaired) electrons. The minimum Gasteiger partial charge on any atom is -0.389 e. The first kappa shape index (κ1) is 10.0. The van der Waals surface area contributed by atoms with Crippen molar-refractivity contribution < 1.29 is 9.84 Å². The minimum absolute atomic E-state index is 0.359. The van der Waals surface area contributed by atoms with E-state index in [0.717, 1.165) is 38.9 Å². The van der Waals surface area contributed by atoms with Gasteiger partial charge in [-0.3, -0.25) is 0 Å². The quantitative estimate of drug-likeness (QED) is 0.621. The van der Waals surface area contributed by atoms with Crippen molar-refractivity contribution in [3.8, 4) is 0 Å². The lowest BCUT2D eigenvalue weighted by Crippen LogP contribution is -2.14. The van der Waals surface area contributed by atoms with Gasteiger partial charge in [0.1, 0.15) is 0 Å². The molecule has 0 heterocycles. The van der Waals surface area contributed by atoms with Crippen LogP contribution < -0.4 is 0 Å². The van der Waals surface area contributed by atoms with Crippen LogP contribution in [0.3, 0.4) is 0 Å². The molecule has 2 heteroatoms. The second-order valence-corrected chi connectivity index (χ2v) is 3.78. The number of aliphatic hydroxyl groups is 1. The highest BCUT2D eigenvalue weighted by Gasteiger charge is 2.50. The zero-order chi connectivity index (χ0) is 9.03. The predicted molar refractivity (Wildman–Crippen MR) is 49.1 cm³/mol. The largest absolute Gasteiger partial charge is 0.389 e. The number of rotatable bonds is 6. The molecule has 1 rings (SSSR count). The zero-order valence-electron chi connectivity index (χ0n) is 8.18. The highest BCUT2D eigenvalue weighted by molar-refractivity contribution is 5.02. The number of hydrogen-bond acceptors (Lipinski definition) is 2. The van der Waals surface area contributed by atoms with Gasteiger partial charge in [0.15, 0.2) is 0 Å². The van der Waals surface area contributed by atoms with E-state index in [1.807, 2.05) is 0 Å². The van der Waals surface area contributed by atoms with E-state index in [4.69, 9.17) is 4.74 Å². The fraction of sp³-hybridized carbons (Fsp3) is 1.00. The van der Waals surface area contributed by atoms with E-state index >= 15 is 0 Å². The predicted octanol–water partition coefficient (Wildman–Crippen LogP) is 1.96. The van der Waals surface area contributed by atoms with E-state index in [1.54, 1.807) is 0 Å². The van der Waals surface area contributed by atoms with Gasteiger partial charge in [-0.05, 0) is 25.2 Å².